The quantitative estimate of drug-likeness (QED) is 0.569. The van der Waals surface area contributed by atoms with Gasteiger partial charge in [-0.15, -0.1) is 0 Å². The van der Waals surface area contributed by atoms with Crippen LogP contribution in [0.4, 0.5) is 0 Å². The molecule has 0 aliphatic heterocycles. The molecule has 1 aromatic rings. The van der Waals surface area contributed by atoms with Crippen molar-refractivity contribution in [2.75, 3.05) is 20.6 Å². The third-order valence-corrected chi connectivity index (χ3v) is 2.04. The van der Waals surface area contributed by atoms with Crippen molar-refractivity contribution < 1.29 is 0 Å². The van der Waals surface area contributed by atoms with Crippen molar-refractivity contribution in [1.29, 1.82) is 0 Å². The molecule has 0 radical (unpaired) electrons. The molecule has 2 heteroatoms. The first kappa shape index (κ1) is 11.8. The molecule has 0 fully saturated rings. The molecule has 0 saturated heterocycles. The number of rotatable bonds is 4. The normalized spacial score (nSPS) is 9.47. The Balaban J connectivity index is 2.59. The van der Waals surface area contributed by atoms with E-state index in [-0.39, 0.29) is 0 Å². The van der Waals surface area contributed by atoms with Gasteiger partial charge in [-0.2, -0.15) is 0 Å². The van der Waals surface area contributed by atoms with Gasteiger partial charge in [-0.05, 0) is 31.8 Å². The lowest BCUT2D eigenvalue weighted by Gasteiger charge is -1.99. The predicted octanol–water partition coefficient (Wildman–Crippen LogP) is 1.37. The van der Waals surface area contributed by atoms with E-state index in [4.69, 9.17) is 0 Å². The molecule has 0 spiro atoms. The number of nitrogens with one attached hydrogen (secondary N) is 2. The Kier molecular flexibility index (Phi) is 5.54. The summed E-state index contributed by atoms with van der Waals surface area (Å²) in [5, 5.41) is 6.20. The Morgan fingerprint density at radius 2 is 2.07 bits per heavy atom. The summed E-state index contributed by atoms with van der Waals surface area (Å²) < 4.78 is 0. The first-order valence-corrected chi connectivity index (χ1v) is 5.24. The molecule has 15 heavy (non-hydrogen) atoms. The molecule has 2 N–H and O–H groups in total. The molecule has 0 aliphatic rings. The van der Waals surface area contributed by atoms with E-state index in [2.05, 4.69) is 40.7 Å². The van der Waals surface area contributed by atoms with Crippen molar-refractivity contribution >= 4 is 0 Å². The van der Waals surface area contributed by atoms with Crippen LogP contribution in [0.1, 0.15) is 17.5 Å². The average molecular weight is 202 g/mol. The summed E-state index contributed by atoms with van der Waals surface area (Å²) in [6.07, 6.45) is 0.896. The SMILES string of the molecule is CNCCC#Cc1cccc(CNC)c1. The molecule has 0 unspecified atom stereocenters. The summed E-state index contributed by atoms with van der Waals surface area (Å²) >= 11 is 0. The first-order valence-electron chi connectivity index (χ1n) is 5.24. The molecule has 0 aliphatic carbocycles. The molecule has 0 aromatic heterocycles. The highest BCUT2D eigenvalue weighted by Gasteiger charge is 1.91. The Hall–Kier alpha value is -1.30. The Morgan fingerprint density at radius 3 is 2.80 bits per heavy atom. The van der Waals surface area contributed by atoms with Crippen LogP contribution >= 0.6 is 0 Å². The van der Waals surface area contributed by atoms with Crippen molar-refractivity contribution in [2.24, 2.45) is 0 Å². The van der Waals surface area contributed by atoms with Crippen LogP contribution in [0.2, 0.25) is 0 Å². The monoisotopic (exact) mass is 202 g/mol. The summed E-state index contributed by atoms with van der Waals surface area (Å²) in [6, 6.07) is 8.33. The molecule has 0 amide bonds. The lowest BCUT2D eigenvalue weighted by atomic mass is 10.1. The maximum atomic E-state index is 3.16. The Morgan fingerprint density at radius 1 is 1.20 bits per heavy atom. The van der Waals surface area contributed by atoms with E-state index >= 15 is 0 Å². The van der Waals surface area contributed by atoms with Crippen molar-refractivity contribution in [1.82, 2.24) is 10.6 Å². The summed E-state index contributed by atoms with van der Waals surface area (Å²) in [4.78, 5) is 0. The highest BCUT2D eigenvalue weighted by molar-refractivity contribution is 5.37. The summed E-state index contributed by atoms with van der Waals surface area (Å²) in [7, 11) is 3.89. The van der Waals surface area contributed by atoms with Gasteiger partial charge in [0.05, 0.1) is 0 Å². The highest BCUT2D eigenvalue weighted by Crippen LogP contribution is 2.03. The minimum absolute atomic E-state index is 0.895. The lowest BCUT2D eigenvalue weighted by molar-refractivity contribution is 0.817. The van der Waals surface area contributed by atoms with Crippen LogP contribution in [-0.2, 0) is 6.54 Å². The van der Waals surface area contributed by atoms with Crippen LogP contribution in [0, 0.1) is 11.8 Å². The molecule has 0 saturated carbocycles. The fourth-order valence-electron chi connectivity index (χ4n) is 1.32. The molecule has 0 bridgehead atoms. The summed E-state index contributed by atoms with van der Waals surface area (Å²) in [5.74, 6) is 6.30. The third-order valence-electron chi connectivity index (χ3n) is 2.04. The van der Waals surface area contributed by atoms with Crippen LogP contribution in [0.15, 0.2) is 24.3 Å². The van der Waals surface area contributed by atoms with Crippen LogP contribution in [0.5, 0.6) is 0 Å². The molecule has 0 atom stereocenters. The molecule has 1 rings (SSSR count). The van der Waals surface area contributed by atoms with E-state index in [1.807, 2.05) is 20.2 Å². The Bertz CT molecular complexity index is 347. The van der Waals surface area contributed by atoms with Gasteiger partial charge in [0.1, 0.15) is 0 Å². The fraction of sp³-hybridized carbons (Fsp3) is 0.385. The van der Waals surface area contributed by atoms with Gasteiger partial charge < -0.3 is 10.6 Å². The van der Waals surface area contributed by atoms with Crippen LogP contribution < -0.4 is 10.6 Å². The minimum atomic E-state index is 0.895. The van der Waals surface area contributed by atoms with Gasteiger partial charge >= 0.3 is 0 Å². The van der Waals surface area contributed by atoms with Crippen LogP contribution in [0.25, 0.3) is 0 Å². The zero-order valence-electron chi connectivity index (χ0n) is 9.43. The first-order chi connectivity index (χ1) is 7.36. The average Bonchev–Trinajstić information content (AvgIpc) is 2.26. The second-order valence-electron chi connectivity index (χ2n) is 3.39. The summed E-state index contributed by atoms with van der Waals surface area (Å²) in [5.41, 5.74) is 2.37. The molecular formula is C13H18N2. The van der Waals surface area contributed by atoms with Crippen molar-refractivity contribution in [2.45, 2.75) is 13.0 Å². The molecular weight excluding hydrogens is 184 g/mol. The molecule has 2 nitrogen and oxygen atoms in total. The van der Waals surface area contributed by atoms with Gasteiger partial charge in [-0.3, -0.25) is 0 Å². The lowest BCUT2D eigenvalue weighted by Crippen LogP contribution is -2.06. The smallest absolute Gasteiger partial charge is 0.0248 e. The van der Waals surface area contributed by atoms with Crippen LogP contribution in [-0.4, -0.2) is 20.6 Å². The third kappa shape index (κ3) is 4.64. The zero-order chi connectivity index (χ0) is 10.9. The van der Waals surface area contributed by atoms with Gasteiger partial charge in [0.25, 0.3) is 0 Å². The maximum Gasteiger partial charge on any atom is 0.0248 e. The predicted molar refractivity (Wildman–Crippen MR) is 64.6 cm³/mol. The van der Waals surface area contributed by atoms with E-state index in [9.17, 15) is 0 Å². The largest absolute Gasteiger partial charge is 0.319 e. The number of hydrogen-bond donors (Lipinski definition) is 2. The van der Waals surface area contributed by atoms with Crippen molar-refractivity contribution in [3.8, 4) is 11.8 Å². The van der Waals surface area contributed by atoms with Crippen molar-refractivity contribution in [3.05, 3.63) is 35.4 Å². The minimum Gasteiger partial charge on any atom is -0.319 e. The number of hydrogen-bond acceptors (Lipinski definition) is 2. The number of benzene rings is 1. The molecule has 80 valence electrons. The van der Waals surface area contributed by atoms with Gasteiger partial charge in [0, 0.05) is 25.1 Å². The second-order valence-corrected chi connectivity index (χ2v) is 3.39. The fourth-order valence-corrected chi connectivity index (χ4v) is 1.32. The summed E-state index contributed by atoms with van der Waals surface area (Å²) in [6.45, 7) is 1.84. The van der Waals surface area contributed by atoms with Crippen molar-refractivity contribution in [3.63, 3.8) is 0 Å². The standard InChI is InChI=1S/C13H18N2/c1-14-9-4-3-6-12-7-5-8-13(10-12)11-15-2/h5,7-8,10,14-15H,4,9,11H2,1-2H3. The van der Waals surface area contributed by atoms with Gasteiger partial charge in [-0.25, -0.2) is 0 Å². The Labute approximate surface area is 92.1 Å². The van der Waals surface area contributed by atoms with Gasteiger partial charge in [0.2, 0.25) is 0 Å². The van der Waals surface area contributed by atoms with E-state index in [0.717, 1.165) is 25.1 Å². The van der Waals surface area contributed by atoms with Crippen LogP contribution in [0.3, 0.4) is 0 Å². The molecule has 1 aromatic carbocycles. The van der Waals surface area contributed by atoms with E-state index in [1.54, 1.807) is 0 Å². The van der Waals surface area contributed by atoms with E-state index in [1.165, 1.54) is 5.56 Å². The van der Waals surface area contributed by atoms with Gasteiger partial charge in [-0.1, -0.05) is 24.0 Å². The van der Waals surface area contributed by atoms with E-state index < -0.39 is 0 Å². The van der Waals surface area contributed by atoms with E-state index in [0.29, 0.717) is 0 Å². The highest BCUT2D eigenvalue weighted by atomic mass is 14.8. The second kappa shape index (κ2) is 7.05. The topological polar surface area (TPSA) is 24.1 Å². The zero-order valence-corrected chi connectivity index (χ0v) is 9.43. The maximum absolute atomic E-state index is 3.16. The molecule has 0 heterocycles. The van der Waals surface area contributed by atoms with Gasteiger partial charge in [0.15, 0.2) is 0 Å².